The third-order valence-electron chi connectivity index (χ3n) is 4.18. The Labute approximate surface area is 152 Å². The van der Waals surface area contributed by atoms with Crippen LogP contribution >= 0.6 is 0 Å². The number of nitro benzene ring substituents is 1. The summed E-state index contributed by atoms with van der Waals surface area (Å²) in [5, 5.41) is 11.2. The fraction of sp³-hybridized carbons (Fsp3) is 0.0500. The van der Waals surface area contributed by atoms with E-state index < -0.39 is 10.7 Å². The number of carbonyl (C=O) groups is 1. The van der Waals surface area contributed by atoms with Gasteiger partial charge >= 0.3 is 0 Å². The fourth-order valence-corrected chi connectivity index (χ4v) is 2.92. The molecule has 0 aliphatic carbocycles. The van der Waals surface area contributed by atoms with Crippen molar-refractivity contribution < 1.29 is 23.3 Å². The Kier molecular flexibility index (Phi) is 4.04. The Morgan fingerprint density at radius 2 is 1.81 bits per heavy atom. The predicted octanol–water partition coefficient (Wildman–Crippen LogP) is 4.65. The van der Waals surface area contributed by atoms with E-state index in [4.69, 9.17) is 9.15 Å². The van der Waals surface area contributed by atoms with Gasteiger partial charge in [-0.3, -0.25) is 14.9 Å². The van der Waals surface area contributed by atoms with E-state index in [1.54, 1.807) is 30.3 Å². The lowest BCUT2D eigenvalue weighted by atomic mass is 9.99. The number of rotatable bonds is 3. The molecule has 0 radical (unpaired) electrons. The standard InChI is InChI=1S/C20H12FNO5/c21-16-6-3-5-15-19(23)12(11-26-20(15)16)10-13-8-9-18(27-13)14-4-1-2-7-17(14)22(24)25/h1-10H,11H2. The Hall–Kier alpha value is -3.74. The SMILES string of the molecule is O=C1C(=Cc2ccc(-c3ccccc3[N+](=O)[O-])o2)COc2c(F)cccc21. The number of hydrogen-bond donors (Lipinski definition) is 0. The number of ether oxygens (including phenoxy) is 1. The summed E-state index contributed by atoms with van der Waals surface area (Å²) in [5.74, 6) is -0.338. The molecule has 27 heavy (non-hydrogen) atoms. The highest BCUT2D eigenvalue weighted by Crippen LogP contribution is 2.33. The molecule has 0 saturated carbocycles. The number of halogens is 1. The second kappa shape index (κ2) is 6.53. The third-order valence-corrected chi connectivity index (χ3v) is 4.18. The Morgan fingerprint density at radius 3 is 2.63 bits per heavy atom. The van der Waals surface area contributed by atoms with E-state index in [-0.39, 0.29) is 29.4 Å². The quantitative estimate of drug-likeness (QED) is 0.383. The zero-order valence-electron chi connectivity index (χ0n) is 13.8. The minimum absolute atomic E-state index is 0.0558. The van der Waals surface area contributed by atoms with Crippen molar-refractivity contribution in [2.45, 2.75) is 0 Å². The number of ketones is 1. The summed E-state index contributed by atoms with van der Waals surface area (Å²) in [4.78, 5) is 23.2. The van der Waals surface area contributed by atoms with Gasteiger partial charge in [-0.15, -0.1) is 0 Å². The maximum Gasteiger partial charge on any atom is 0.280 e. The first-order valence-corrected chi connectivity index (χ1v) is 8.05. The van der Waals surface area contributed by atoms with Gasteiger partial charge in [0.1, 0.15) is 18.1 Å². The van der Waals surface area contributed by atoms with Crippen LogP contribution in [0.25, 0.3) is 17.4 Å². The lowest BCUT2D eigenvalue weighted by Gasteiger charge is -2.18. The molecule has 0 N–H and O–H groups in total. The number of Topliss-reactive ketones (excluding diaryl/α,β-unsaturated/α-hetero) is 1. The van der Waals surface area contributed by atoms with Crippen molar-refractivity contribution in [2.24, 2.45) is 0 Å². The maximum atomic E-state index is 13.7. The highest BCUT2D eigenvalue weighted by molar-refractivity contribution is 6.13. The Morgan fingerprint density at radius 1 is 1.04 bits per heavy atom. The molecule has 0 amide bonds. The lowest BCUT2D eigenvalue weighted by molar-refractivity contribution is -0.384. The summed E-state index contributed by atoms with van der Waals surface area (Å²) >= 11 is 0. The molecule has 2 aromatic carbocycles. The molecule has 0 bridgehead atoms. The van der Waals surface area contributed by atoms with Crippen LogP contribution in [-0.4, -0.2) is 17.3 Å². The molecule has 0 spiro atoms. The van der Waals surface area contributed by atoms with Crippen molar-refractivity contribution in [1.82, 2.24) is 0 Å². The summed E-state index contributed by atoms with van der Waals surface area (Å²) in [6.45, 7) is -0.0890. The van der Waals surface area contributed by atoms with Gasteiger partial charge < -0.3 is 9.15 Å². The minimum Gasteiger partial charge on any atom is -0.485 e. The average Bonchev–Trinajstić information content (AvgIpc) is 3.13. The zero-order valence-corrected chi connectivity index (χ0v) is 13.8. The van der Waals surface area contributed by atoms with Crippen molar-refractivity contribution in [1.29, 1.82) is 0 Å². The van der Waals surface area contributed by atoms with E-state index in [9.17, 15) is 19.3 Å². The molecule has 0 fully saturated rings. The fourth-order valence-electron chi connectivity index (χ4n) is 2.92. The Bertz CT molecular complexity index is 1100. The normalized spacial score (nSPS) is 14.7. The number of nitro groups is 1. The number of benzene rings is 2. The summed E-state index contributed by atoms with van der Waals surface area (Å²) < 4.78 is 24.7. The van der Waals surface area contributed by atoms with E-state index in [1.165, 1.54) is 30.3 Å². The van der Waals surface area contributed by atoms with Crippen LogP contribution in [-0.2, 0) is 0 Å². The van der Waals surface area contributed by atoms with Crippen LogP contribution in [0.4, 0.5) is 10.1 Å². The first-order valence-electron chi connectivity index (χ1n) is 8.05. The molecule has 2 heterocycles. The number of nitrogens with zero attached hydrogens (tertiary/aromatic N) is 1. The summed E-state index contributed by atoms with van der Waals surface area (Å²) in [6, 6.07) is 13.6. The number of hydrogen-bond acceptors (Lipinski definition) is 5. The molecule has 0 atom stereocenters. The van der Waals surface area contributed by atoms with Gasteiger partial charge in [0.2, 0.25) is 0 Å². The highest BCUT2D eigenvalue weighted by Gasteiger charge is 2.26. The molecule has 4 rings (SSSR count). The molecule has 7 heteroatoms. The summed E-state index contributed by atoms with van der Waals surface area (Å²) in [5.41, 5.74) is 0.716. The average molecular weight is 365 g/mol. The maximum absolute atomic E-state index is 13.7. The van der Waals surface area contributed by atoms with E-state index in [1.807, 2.05) is 0 Å². The van der Waals surface area contributed by atoms with Crippen LogP contribution in [0.2, 0.25) is 0 Å². The second-order valence-corrected chi connectivity index (χ2v) is 5.88. The molecule has 134 valence electrons. The van der Waals surface area contributed by atoms with E-state index >= 15 is 0 Å². The topological polar surface area (TPSA) is 82.6 Å². The number of fused-ring (bicyclic) bond motifs is 1. The van der Waals surface area contributed by atoms with Crippen LogP contribution in [0.3, 0.4) is 0 Å². The molecule has 0 saturated heterocycles. The van der Waals surface area contributed by atoms with Crippen molar-refractivity contribution in [2.75, 3.05) is 6.61 Å². The van der Waals surface area contributed by atoms with E-state index in [0.717, 1.165) is 0 Å². The van der Waals surface area contributed by atoms with Gasteiger partial charge in [-0.05, 0) is 36.4 Å². The highest BCUT2D eigenvalue weighted by atomic mass is 19.1. The predicted molar refractivity (Wildman–Crippen MR) is 95.0 cm³/mol. The van der Waals surface area contributed by atoms with Crippen molar-refractivity contribution in [3.05, 3.63) is 87.4 Å². The van der Waals surface area contributed by atoms with Gasteiger partial charge in [0.15, 0.2) is 17.3 Å². The van der Waals surface area contributed by atoms with Gasteiger partial charge in [-0.1, -0.05) is 18.2 Å². The Balaban J connectivity index is 1.68. The molecule has 1 aromatic heterocycles. The summed E-state index contributed by atoms with van der Waals surface area (Å²) in [6.07, 6.45) is 1.49. The number of furan rings is 1. The van der Waals surface area contributed by atoms with Gasteiger partial charge in [-0.2, -0.15) is 0 Å². The molecule has 3 aromatic rings. The van der Waals surface area contributed by atoms with Crippen LogP contribution < -0.4 is 4.74 Å². The first-order chi connectivity index (χ1) is 13.0. The van der Waals surface area contributed by atoms with E-state index in [2.05, 4.69) is 0 Å². The van der Waals surface area contributed by atoms with Crippen LogP contribution in [0, 0.1) is 15.9 Å². The van der Waals surface area contributed by atoms with Crippen molar-refractivity contribution >= 4 is 17.5 Å². The first kappa shape index (κ1) is 16.7. The van der Waals surface area contributed by atoms with Crippen molar-refractivity contribution in [3.8, 4) is 17.1 Å². The second-order valence-electron chi connectivity index (χ2n) is 5.88. The largest absolute Gasteiger partial charge is 0.485 e. The zero-order chi connectivity index (χ0) is 19.0. The molecule has 6 nitrogen and oxygen atoms in total. The van der Waals surface area contributed by atoms with Gasteiger partial charge in [0.05, 0.1) is 16.1 Å². The van der Waals surface area contributed by atoms with E-state index in [0.29, 0.717) is 22.7 Å². The lowest BCUT2D eigenvalue weighted by Crippen LogP contribution is -2.19. The number of para-hydroxylation sites is 2. The minimum atomic E-state index is -0.587. The van der Waals surface area contributed by atoms with Gasteiger partial charge in [0, 0.05) is 11.6 Å². The molecular weight excluding hydrogens is 353 g/mol. The van der Waals surface area contributed by atoms with Crippen LogP contribution in [0.1, 0.15) is 16.1 Å². The number of carbonyl (C=O) groups excluding carboxylic acids is 1. The van der Waals surface area contributed by atoms with Crippen molar-refractivity contribution in [3.63, 3.8) is 0 Å². The molecular formula is C20H12FNO5. The van der Waals surface area contributed by atoms with Gasteiger partial charge in [0.25, 0.3) is 5.69 Å². The monoisotopic (exact) mass is 365 g/mol. The third kappa shape index (κ3) is 2.99. The molecule has 1 aliphatic rings. The van der Waals surface area contributed by atoms with Crippen LogP contribution in [0.15, 0.2) is 64.6 Å². The van der Waals surface area contributed by atoms with Gasteiger partial charge in [-0.25, -0.2) is 4.39 Å². The molecule has 0 unspecified atom stereocenters. The summed E-state index contributed by atoms with van der Waals surface area (Å²) in [7, 11) is 0. The smallest absolute Gasteiger partial charge is 0.280 e. The molecule has 1 aliphatic heterocycles. The van der Waals surface area contributed by atoms with Crippen LogP contribution in [0.5, 0.6) is 5.75 Å².